The van der Waals surface area contributed by atoms with Gasteiger partial charge in [-0.25, -0.2) is 0 Å². The Balaban J connectivity index is 2.02. The third-order valence-corrected chi connectivity index (χ3v) is 3.21. The van der Waals surface area contributed by atoms with Crippen molar-refractivity contribution in [1.29, 1.82) is 0 Å². The van der Waals surface area contributed by atoms with E-state index >= 15 is 0 Å². The fourth-order valence-corrected chi connectivity index (χ4v) is 1.91. The Labute approximate surface area is 123 Å². The van der Waals surface area contributed by atoms with Crippen molar-refractivity contribution in [2.75, 3.05) is 6.54 Å². The Bertz CT molecular complexity index is 609. The minimum atomic E-state index is -0.862. The second kappa shape index (κ2) is 5.73. The fraction of sp³-hybridized carbons (Fsp3) is 0.467. The molecule has 0 saturated carbocycles. The average Bonchev–Trinajstić information content (AvgIpc) is 3.03. The quantitative estimate of drug-likeness (QED) is 0.899. The molecule has 0 aliphatic heterocycles. The van der Waals surface area contributed by atoms with Crippen molar-refractivity contribution in [3.8, 4) is 0 Å². The van der Waals surface area contributed by atoms with E-state index in [1.54, 1.807) is 29.9 Å². The van der Waals surface area contributed by atoms with E-state index in [0.29, 0.717) is 11.5 Å². The smallest absolute Gasteiger partial charge is 0.269 e. The van der Waals surface area contributed by atoms with Crippen LogP contribution < -0.4 is 5.32 Å². The lowest BCUT2D eigenvalue weighted by atomic mass is 9.92. The molecule has 0 spiro atoms. The molecule has 2 N–H and O–H groups in total. The topological polar surface area (TPSA) is 80.3 Å². The molecule has 2 aromatic rings. The second-order valence-electron chi connectivity index (χ2n) is 6.03. The maximum Gasteiger partial charge on any atom is 0.269 e. The van der Waals surface area contributed by atoms with Crippen LogP contribution >= 0.6 is 0 Å². The number of amides is 1. The number of rotatable bonds is 4. The summed E-state index contributed by atoms with van der Waals surface area (Å²) in [5.74, 6) is 0.154. The molecule has 2 rings (SSSR count). The van der Waals surface area contributed by atoms with Crippen molar-refractivity contribution >= 4 is 5.91 Å². The van der Waals surface area contributed by atoms with Gasteiger partial charge in [0.1, 0.15) is 17.6 Å². The highest BCUT2D eigenvalue weighted by Gasteiger charge is 2.22. The second-order valence-corrected chi connectivity index (χ2v) is 6.03. The average molecular weight is 291 g/mol. The molecule has 0 aliphatic carbocycles. The van der Waals surface area contributed by atoms with Crippen LogP contribution in [0.5, 0.6) is 0 Å². The van der Waals surface area contributed by atoms with Crippen molar-refractivity contribution in [3.63, 3.8) is 0 Å². The summed E-state index contributed by atoms with van der Waals surface area (Å²) in [7, 11) is 1.73. The highest BCUT2D eigenvalue weighted by molar-refractivity contribution is 5.92. The van der Waals surface area contributed by atoms with E-state index in [0.717, 1.165) is 5.69 Å². The zero-order valence-corrected chi connectivity index (χ0v) is 12.8. The standard InChI is InChI=1S/C15H21N3O3/c1-15(2,3)13-8-10(18(4)17-13)14(20)16-9-11(19)12-6-5-7-21-12/h5-8,11,19H,9H2,1-4H3,(H,16,20). The van der Waals surface area contributed by atoms with Gasteiger partial charge in [0.25, 0.3) is 5.91 Å². The molecule has 0 fully saturated rings. The van der Waals surface area contributed by atoms with E-state index in [-0.39, 0.29) is 17.9 Å². The molecule has 1 amide bonds. The Hall–Kier alpha value is -2.08. The molecule has 1 atom stereocenters. The number of nitrogens with one attached hydrogen (secondary N) is 1. The van der Waals surface area contributed by atoms with Gasteiger partial charge in [0.15, 0.2) is 0 Å². The predicted octanol–water partition coefficient (Wildman–Crippen LogP) is 1.77. The van der Waals surface area contributed by atoms with Crippen molar-refractivity contribution in [2.45, 2.75) is 32.3 Å². The fourth-order valence-electron chi connectivity index (χ4n) is 1.91. The number of hydrogen-bond acceptors (Lipinski definition) is 4. The first kappa shape index (κ1) is 15.3. The molecule has 2 heterocycles. The summed E-state index contributed by atoms with van der Waals surface area (Å²) in [5.41, 5.74) is 1.19. The summed E-state index contributed by atoms with van der Waals surface area (Å²) >= 11 is 0. The van der Waals surface area contributed by atoms with Crippen LogP contribution in [0.25, 0.3) is 0 Å². The molecule has 114 valence electrons. The molecular formula is C15H21N3O3. The monoisotopic (exact) mass is 291 g/mol. The van der Waals surface area contributed by atoms with Crippen molar-refractivity contribution in [3.05, 3.63) is 41.6 Å². The van der Waals surface area contributed by atoms with Crippen molar-refractivity contribution < 1.29 is 14.3 Å². The molecule has 0 aliphatic rings. The van der Waals surface area contributed by atoms with E-state index in [9.17, 15) is 9.90 Å². The lowest BCUT2D eigenvalue weighted by Crippen LogP contribution is -2.29. The number of aryl methyl sites for hydroxylation is 1. The number of furan rings is 1. The van der Waals surface area contributed by atoms with Gasteiger partial charge in [0, 0.05) is 12.5 Å². The summed E-state index contributed by atoms with van der Waals surface area (Å²) in [5, 5.41) is 16.9. The van der Waals surface area contributed by atoms with Gasteiger partial charge < -0.3 is 14.8 Å². The Morgan fingerprint density at radius 3 is 2.76 bits per heavy atom. The first-order valence-corrected chi connectivity index (χ1v) is 6.83. The summed E-state index contributed by atoms with van der Waals surface area (Å²) < 4.78 is 6.64. The van der Waals surface area contributed by atoms with Crippen LogP contribution in [0.15, 0.2) is 28.9 Å². The normalized spacial score (nSPS) is 13.2. The van der Waals surface area contributed by atoms with Crippen molar-refractivity contribution in [1.82, 2.24) is 15.1 Å². The lowest BCUT2D eigenvalue weighted by molar-refractivity contribution is 0.0892. The van der Waals surface area contributed by atoms with Crippen LogP contribution in [0.1, 0.15) is 48.8 Å². The molecule has 2 aromatic heterocycles. The molecule has 6 nitrogen and oxygen atoms in total. The number of carbonyl (C=O) groups excluding carboxylic acids is 1. The Kier molecular flexibility index (Phi) is 4.18. The van der Waals surface area contributed by atoms with Gasteiger partial charge in [0.2, 0.25) is 0 Å². The zero-order chi connectivity index (χ0) is 15.6. The van der Waals surface area contributed by atoms with Gasteiger partial charge in [-0.2, -0.15) is 5.10 Å². The van der Waals surface area contributed by atoms with Crippen LogP contribution in [-0.4, -0.2) is 27.3 Å². The molecule has 0 aromatic carbocycles. The van der Waals surface area contributed by atoms with Crippen LogP contribution in [0, 0.1) is 0 Å². The highest BCUT2D eigenvalue weighted by Crippen LogP contribution is 2.21. The summed E-state index contributed by atoms with van der Waals surface area (Å²) in [6.45, 7) is 6.20. The first-order chi connectivity index (χ1) is 9.79. The molecule has 0 bridgehead atoms. The van der Waals surface area contributed by atoms with Gasteiger partial charge in [-0.05, 0) is 18.2 Å². The van der Waals surface area contributed by atoms with Crippen molar-refractivity contribution in [2.24, 2.45) is 7.05 Å². The predicted molar refractivity (Wildman–Crippen MR) is 77.9 cm³/mol. The van der Waals surface area contributed by atoms with E-state index in [1.165, 1.54) is 6.26 Å². The maximum absolute atomic E-state index is 12.2. The third-order valence-electron chi connectivity index (χ3n) is 3.21. The lowest BCUT2D eigenvalue weighted by Gasteiger charge is -2.13. The number of hydrogen-bond donors (Lipinski definition) is 2. The van der Waals surface area contributed by atoms with Crippen LogP contribution in [0.4, 0.5) is 0 Å². The molecule has 0 radical (unpaired) electrons. The summed E-state index contributed by atoms with van der Waals surface area (Å²) in [6.07, 6.45) is 0.621. The highest BCUT2D eigenvalue weighted by atomic mass is 16.4. The number of aliphatic hydroxyl groups excluding tert-OH is 1. The Morgan fingerprint density at radius 1 is 1.52 bits per heavy atom. The first-order valence-electron chi connectivity index (χ1n) is 6.83. The van der Waals surface area contributed by atoms with Gasteiger partial charge >= 0.3 is 0 Å². The van der Waals surface area contributed by atoms with Crippen LogP contribution in [0.3, 0.4) is 0 Å². The van der Waals surface area contributed by atoms with Crippen LogP contribution in [0.2, 0.25) is 0 Å². The van der Waals surface area contributed by atoms with E-state index < -0.39 is 6.10 Å². The minimum Gasteiger partial charge on any atom is -0.467 e. The Morgan fingerprint density at radius 2 is 2.24 bits per heavy atom. The molecule has 0 saturated heterocycles. The maximum atomic E-state index is 12.2. The van der Waals surface area contributed by atoms with E-state index in [4.69, 9.17) is 4.42 Å². The zero-order valence-electron chi connectivity index (χ0n) is 12.8. The third kappa shape index (κ3) is 3.52. The number of nitrogens with zero attached hydrogens (tertiary/aromatic N) is 2. The SMILES string of the molecule is Cn1nc(C(C)(C)C)cc1C(=O)NCC(O)c1ccco1. The van der Waals surface area contributed by atoms with Gasteiger partial charge in [-0.1, -0.05) is 20.8 Å². The molecule has 21 heavy (non-hydrogen) atoms. The molecule has 6 heteroatoms. The van der Waals surface area contributed by atoms with Gasteiger partial charge in [-0.3, -0.25) is 9.48 Å². The summed E-state index contributed by atoms with van der Waals surface area (Å²) in [6, 6.07) is 5.13. The molecule has 1 unspecified atom stereocenters. The molecular weight excluding hydrogens is 270 g/mol. The number of carbonyl (C=O) groups is 1. The van der Waals surface area contributed by atoms with Crippen LogP contribution in [-0.2, 0) is 12.5 Å². The summed E-state index contributed by atoms with van der Waals surface area (Å²) in [4.78, 5) is 12.2. The largest absolute Gasteiger partial charge is 0.467 e. The number of aromatic nitrogens is 2. The van der Waals surface area contributed by atoms with E-state index in [1.807, 2.05) is 20.8 Å². The van der Waals surface area contributed by atoms with Gasteiger partial charge in [0.05, 0.1) is 18.5 Å². The van der Waals surface area contributed by atoms with E-state index in [2.05, 4.69) is 10.4 Å². The number of aliphatic hydroxyl groups is 1. The minimum absolute atomic E-state index is 0.0857. The van der Waals surface area contributed by atoms with Gasteiger partial charge in [-0.15, -0.1) is 0 Å².